The van der Waals surface area contributed by atoms with Gasteiger partial charge in [0.2, 0.25) is 5.91 Å². The molecule has 11 nitrogen and oxygen atoms in total. The van der Waals surface area contributed by atoms with Gasteiger partial charge in [0.1, 0.15) is 11.5 Å². The van der Waals surface area contributed by atoms with Crippen LogP contribution < -0.4 is 24.5 Å². The van der Waals surface area contributed by atoms with E-state index in [9.17, 15) is 9.90 Å². The second kappa shape index (κ2) is 16.7. The summed E-state index contributed by atoms with van der Waals surface area (Å²) < 4.78 is 20.6. The van der Waals surface area contributed by atoms with Crippen molar-refractivity contribution in [3.63, 3.8) is 0 Å². The number of ether oxygens (including phenoxy) is 3. The van der Waals surface area contributed by atoms with E-state index in [1.165, 1.54) is 5.19 Å². The zero-order valence-corrected chi connectivity index (χ0v) is 36.9. The molecule has 0 bridgehead atoms. The van der Waals surface area contributed by atoms with Crippen molar-refractivity contribution < 1.29 is 28.9 Å². The Morgan fingerprint density at radius 3 is 2.35 bits per heavy atom. The number of benzene rings is 5. The fourth-order valence-corrected chi connectivity index (χ4v) is 14.5. The van der Waals surface area contributed by atoms with Crippen molar-refractivity contribution in [3.05, 3.63) is 155 Å². The first kappa shape index (κ1) is 41.3. The molecule has 0 saturated carbocycles. The van der Waals surface area contributed by atoms with Crippen molar-refractivity contribution in [2.45, 2.75) is 75.5 Å². The van der Waals surface area contributed by atoms with Gasteiger partial charge in [-0.05, 0) is 83.6 Å². The summed E-state index contributed by atoms with van der Waals surface area (Å²) in [6.45, 7) is 7.64. The summed E-state index contributed by atoms with van der Waals surface area (Å²) in [6, 6.07) is 40.1. The second-order valence-corrected chi connectivity index (χ2v) is 22.0. The lowest BCUT2D eigenvalue weighted by atomic mass is 9.82. The number of fused-ring (bicyclic) bond motifs is 3. The van der Waals surface area contributed by atoms with Gasteiger partial charge < -0.3 is 24.2 Å². The first-order valence-electron chi connectivity index (χ1n) is 21.5. The molecule has 5 atom stereocenters. The molecule has 12 heteroatoms. The van der Waals surface area contributed by atoms with E-state index in [1.807, 2.05) is 119 Å². The topological polar surface area (TPSA) is 119 Å². The Kier molecular flexibility index (Phi) is 11.1. The molecule has 1 saturated heterocycles. The van der Waals surface area contributed by atoms with Crippen LogP contribution in [0.4, 0.5) is 17.1 Å². The van der Waals surface area contributed by atoms with Crippen LogP contribution in [0.15, 0.2) is 128 Å². The monoisotopic (exact) mass is 847 g/mol. The Morgan fingerprint density at radius 2 is 1.60 bits per heavy atom. The maximum Gasteiger partial charge on any atom is 0.264 e. The van der Waals surface area contributed by atoms with Crippen LogP contribution in [-0.2, 0) is 39.4 Å². The summed E-state index contributed by atoms with van der Waals surface area (Å²) in [5.74, 6) is 0.863. The molecule has 0 aliphatic carbocycles. The number of rotatable bonds is 13. The Balaban J connectivity index is 1.07. The van der Waals surface area contributed by atoms with Gasteiger partial charge in [-0.15, -0.1) is 5.10 Å². The molecule has 1 N–H and O–H groups in total. The zero-order chi connectivity index (χ0) is 43.2. The highest BCUT2D eigenvalue weighted by atomic mass is 28.3. The molecular weight excluding hydrogens is 795 g/mol. The van der Waals surface area contributed by atoms with E-state index in [1.54, 1.807) is 19.1 Å². The molecule has 1 fully saturated rings. The molecular formula is C50H53N5O6Si. The lowest BCUT2D eigenvalue weighted by Crippen LogP contribution is -2.51. The fraction of sp³-hybridized carbons (Fsp3) is 0.320. The number of aliphatic hydroxyl groups is 1. The average molecular weight is 848 g/mol. The third kappa shape index (κ3) is 7.09. The van der Waals surface area contributed by atoms with Crippen LogP contribution >= 0.6 is 0 Å². The van der Waals surface area contributed by atoms with Crippen molar-refractivity contribution in [2.75, 3.05) is 30.6 Å². The van der Waals surface area contributed by atoms with Crippen LogP contribution in [0.25, 0.3) is 0 Å². The molecule has 318 valence electrons. The number of aliphatic hydroxyl groups excluding tert-OH is 1. The number of hydrogen-bond acceptors (Lipinski definition) is 8. The molecule has 4 heterocycles. The number of aromatic nitrogens is 3. The van der Waals surface area contributed by atoms with Crippen LogP contribution in [-0.4, -0.2) is 66.9 Å². The van der Waals surface area contributed by atoms with Gasteiger partial charge in [0.15, 0.2) is 5.60 Å². The SMILES string of the molecule is COc1ccc([Si](C)(C)[C@@H]2[C@@H](CCn3cc(C(CO)c4ccccc4)nn3)O[C@]3(C(=O)N(Cc4cccc(N5C(=O)CCc6ccccc65)c4)c4ccc(OC)cc43)[C@H]2C)cc1. The molecule has 6 aromatic rings. The molecule has 1 spiro atoms. The molecule has 5 aromatic carbocycles. The fourth-order valence-electron chi connectivity index (χ4n) is 10.4. The molecule has 9 rings (SSSR count). The van der Waals surface area contributed by atoms with Gasteiger partial charge in [-0.25, -0.2) is 0 Å². The van der Waals surface area contributed by atoms with E-state index in [0.29, 0.717) is 37.3 Å². The van der Waals surface area contributed by atoms with Crippen LogP contribution in [0, 0.1) is 5.92 Å². The van der Waals surface area contributed by atoms with Gasteiger partial charge in [0.25, 0.3) is 5.91 Å². The molecule has 0 radical (unpaired) electrons. The molecule has 3 aliphatic heterocycles. The third-order valence-electron chi connectivity index (χ3n) is 13.6. The van der Waals surface area contributed by atoms with Crippen LogP contribution in [0.2, 0.25) is 18.6 Å². The van der Waals surface area contributed by atoms with Crippen molar-refractivity contribution in [2.24, 2.45) is 5.92 Å². The highest BCUT2D eigenvalue weighted by Crippen LogP contribution is 2.60. The highest BCUT2D eigenvalue weighted by Gasteiger charge is 2.66. The first-order valence-corrected chi connectivity index (χ1v) is 24.5. The third-order valence-corrected chi connectivity index (χ3v) is 17.9. The Labute approximate surface area is 363 Å². The first-order chi connectivity index (χ1) is 30.1. The summed E-state index contributed by atoms with van der Waals surface area (Å²) in [5.41, 5.74) is 5.68. The van der Waals surface area contributed by atoms with Crippen LogP contribution in [0.3, 0.4) is 0 Å². The minimum atomic E-state index is -2.43. The zero-order valence-electron chi connectivity index (χ0n) is 35.9. The summed E-state index contributed by atoms with van der Waals surface area (Å²) in [7, 11) is 0.886. The number of para-hydroxylation sites is 1. The van der Waals surface area contributed by atoms with E-state index in [0.717, 1.165) is 45.1 Å². The van der Waals surface area contributed by atoms with Gasteiger partial charge in [-0.1, -0.05) is 103 Å². The predicted molar refractivity (Wildman–Crippen MR) is 242 cm³/mol. The van der Waals surface area contributed by atoms with Crippen LogP contribution in [0.1, 0.15) is 53.6 Å². The smallest absolute Gasteiger partial charge is 0.264 e. The van der Waals surface area contributed by atoms with Gasteiger partial charge in [-0.2, -0.15) is 0 Å². The van der Waals surface area contributed by atoms with Crippen LogP contribution in [0.5, 0.6) is 11.5 Å². The number of aryl methyl sites for hydroxylation is 2. The summed E-state index contributed by atoms with van der Waals surface area (Å²) in [4.78, 5) is 32.7. The Bertz CT molecular complexity index is 2600. The number of nitrogens with zero attached hydrogens (tertiary/aromatic N) is 5. The summed E-state index contributed by atoms with van der Waals surface area (Å²) in [6.07, 6.45) is 3.33. The maximum atomic E-state index is 15.6. The van der Waals surface area contributed by atoms with Crippen molar-refractivity contribution in [1.29, 1.82) is 0 Å². The Morgan fingerprint density at radius 1 is 0.855 bits per heavy atom. The predicted octanol–water partition coefficient (Wildman–Crippen LogP) is 7.88. The lowest BCUT2D eigenvalue weighted by molar-refractivity contribution is -0.146. The van der Waals surface area contributed by atoms with E-state index in [2.05, 4.69) is 48.5 Å². The largest absolute Gasteiger partial charge is 0.497 e. The molecule has 1 aromatic heterocycles. The Hall–Kier alpha value is -6.08. The minimum Gasteiger partial charge on any atom is -0.497 e. The highest BCUT2D eigenvalue weighted by molar-refractivity contribution is 6.91. The number of amides is 2. The second-order valence-electron chi connectivity index (χ2n) is 17.3. The number of carbonyl (C=O) groups excluding carboxylic acids is 2. The van der Waals surface area contributed by atoms with Gasteiger partial charge in [0, 0.05) is 36.3 Å². The standard InChI is InChI=1S/C50H53N5O6Si/c1-33-48(62(4,5)40-22-19-38(59-2)20-23-40)46(26-27-53-31-43(51-52-53)41(32-56)35-13-7-6-8-14-35)61-50(33)42-29-39(60-3)21-24-45(42)54(49(50)58)30-34-12-11-16-37(28-34)55-44-17-10-9-15-36(44)18-25-47(55)57/h6-17,19-24,28-29,31,33,41,46,48,56H,18,25-27,30,32H2,1-5H3/t33-,41?,46+,48-,50+/m0/s1. The quantitative estimate of drug-likeness (QED) is 0.117. The van der Waals surface area contributed by atoms with Gasteiger partial charge >= 0.3 is 0 Å². The van der Waals surface area contributed by atoms with E-state index in [4.69, 9.17) is 14.2 Å². The van der Waals surface area contributed by atoms with Crippen molar-refractivity contribution in [3.8, 4) is 11.5 Å². The normalized spacial score (nSPS) is 21.3. The number of carbonyl (C=O) groups is 2. The lowest BCUT2D eigenvalue weighted by Gasteiger charge is -2.37. The van der Waals surface area contributed by atoms with Crippen molar-refractivity contribution in [1.82, 2.24) is 15.0 Å². The maximum absolute atomic E-state index is 15.6. The number of methoxy groups -OCH3 is 2. The molecule has 62 heavy (non-hydrogen) atoms. The average Bonchev–Trinajstić information content (AvgIpc) is 3.96. The van der Waals surface area contributed by atoms with E-state index in [-0.39, 0.29) is 48.4 Å². The van der Waals surface area contributed by atoms with Gasteiger partial charge in [0.05, 0.1) is 64.5 Å². The van der Waals surface area contributed by atoms with E-state index < -0.39 is 13.7 Å². The number of hydrogen-bond donors (Lipinski definition) is 1. The summed E-state index contributed by atoms with van der Waals surface area (Å²) in [5, 5.41) is 20.6. The minimum absolute atomic E-state index is 0.00450. The van der Waals surface area contributed by atoms with Crippen molar-refractivity contribution >= 4 is 42.1 Å². The molecule has 2 amide bonds. The molecule has 3 aliphatic rings. The molecule has 1 unspecified atom stereocenters. The summed E-state index contributed by atoms with van der Waals surface area (Å²) >= 11 is 0. The van der Waals surface area contributed by atoms with E-state index >= 15 is 4.79 Å². The number of anilines is 3. The van der Waals surface area contributed by atoms with Gasteiger partial charge in [-0.3, -0.25) is 19.2 Å².